The topological polar surface area (TPSA) is 54.3 Å². The highest BCUT2D eigenvalue weighted by atomic mass is 16.3. The van der Waals surface area contributed by atoms with Crippen molar-refractivity contribution in [2.75, 3.05) is 5.32 Å². The van der Waals surface area contributed by atoms with Gasteiger partial charge < -0.3 is 15.0 Å². The molecule has 0 spiro atoms. The molecule has 2 rings (SSSR count). The first kappa shape index (κ1) is 12.2. The molecule has 4 nitrogen and oxygen atoms in total. The van der Waals surface area contributed by atoms with Crippen molar-refractivity contribution in [2.24, 2.45) is 7.05 Å². The number of aromatic hydroxyl groups is 1. The SMILES string of the molecule is Cc1ccc(NC(=O)c2ccc(C)n2C)cc1O. The van der Waals surface area contributed by atoms with Crippen molar-refractivity contribution in [1.82, 2.24) is 4.57 Å². The summed E-state index contributed by atoms with van der Waals surface area (Å²) < 4.78 is 1.82. The molecular weight excluding hydrogens is 228 g/mol. The van der Waals surface area contributed by atoms with Crippen LogP contribution in [0.15, 0.2) is 30.3 Å². The van der Waals surface area contributed by atoms with E-state index in [1.54, 1.807) is 24.3 Å². The van der Waals surface area contributed by atoms with Gasteiger partial charge in [0.2, 0.25) is 0 Å². The van der Waals surface area contributed by atoms with E-state index in [0.717, 1.165) is 11.3 Å². The molecule has 0 aliphatic heterocycles. The Morgan fingerprint density at radius 1 is 1.22 bits per heavy atom. The van der Waals surface area contributed by atoms with Gasteiger partial charge in [0.15, 0.2) is 0 Å². The van der Waals surface area contributed by atoms with Gasteiger partial charge in [-0.05, 0) is 37.6 Å². The first-order valence-corrected chi connectivity index (χ1v) is 5.72. The number of hydrogen-bond acceptors (Lipinski definition) is 2. The lowest BCUT2D eigenvalue weighted by Crippen LogP contribution is -2.15. The Labute approximate surface area is 106 Å². The molecule has 2 aromatic rings. The third-order valence-electron chi connectivity index (χ3n) is 3.07. The lowest BCUT2D eigenvalue weighted by atomic mass is 10.2. The standard InChI is InChI=1S/C14H16N2O2/c1-9-4-6-11(8-13(9)17)15-14(18)12-7-5-10(2)16(12)3/h4-8,17H,1-3H3,(H,15,18). The number of aromatic nitrogens is 1. The van der Waals surface area contributed by atoms with E-state index in [9.17, 15) is 9.90 Å². The number of phenolic OH excluding ortho intramolecular Hbond substituents is 1. The van der Waals surface area contributed by atoms with Crippen molar-refractivity contribution in [3.63, 3.8) is 0 Å². The Morgan fingerprint density at radius 2 is 1.94 bits per heavy atom. The molecule has 0 aliphatic rings. The molecule has 0 bridgehead atoms. The molecule has 1 heterocycles. The van der Waals surface area contributed by atoms with E-state index >= 15 is 0 Å². The average Bonchev–Trinajstić information content (AvgIpc) is 2.65. The largest absolute Gasteiger partial charge is 0.508 e. The van der Waals surface area contributed by atoms with E-state index in [1.165, 1.54) is 0 Å². The second-order valence-electron chi connectivity index (χ2n) is 4.37. The predicted octanol–water partition coefficient (Wildman–Crippen LogP) is 2.60. The quantitative estimate of drug-likeness (QED) is 0.853. The molecule has 0 fully saturated rings. The molecule has 0 unspecified atom stereocenters. The second-order valence-corrected chi connectivity index (χ2v) is 4.37. The fourth-order valence-corrected chi connectivity index (χ4v) is 1.72. The summed E-state index contributed by atoms with van der Waals surface area (Å²) in [5.41, 5.74) is 2.98. The first-order chi connectivity index (χ1) is 8.49. The predicted molar refractivity (Wildman–Crippen MR) is 70.9 cm³/mol. The lowest BCUT2D eigenvalue weighted by Gasteiger charge is -2.08. The van der Waals surface area contributed by atoms with Crippen LogP contribution in [0.3, 0.4) is 0 Å². The van der Waals surface area contributed by atoms with Crippen LogP contribution in [0.5, 0.6) is 5.75 Å². The number of nitrogens with one attached hydrogen (secondary N) is 1. The molecule has 0 saturated carbocycles. The maximum atomic E-state index is 12.0. The molecule has 0 aliphatic carbocycles. The Bertz CT molecular complexity index is 600. The normalized spacial score (nSPS) is 10.4. The Balaban J connectivity index is 2.21. The van der Waals surface area contributed by atoms with E-state index in [4.69, 9.17) is 0 Å². The van der Waals surface area contributed by atoms with Gasteiger partial charge in [-0.1, -0.05) is 6.07 Å². The number of anilines is 1. The fraction of sp³-hybridized carbons (Fsp3) is 0.214. The number of amides is 1. The van der Waals surface area contributed by atoms with Crippen molar-refractivity contribution in [1.29, 1.82) is 0 Å². The summed E-state index contributed by atoms with van der Waals surface area (Å²) in [7, 11) is 1.84. The van der Waals surface area contributed by atoms with Crippen molar-refractivity contribution >= 4 is 11.6 Å². The van der Waals surface area contributed by atoms with Crippen LogP contribution in [0, 0.1) is 13.8 Å². The van der Waals surface area contributed by atoms with Crippen LogP contribution in [0.25, 0.3) is 0 Å². The maximum absolute atomic E-state index is 12.0. The molecule has 1 amide bonds. The third-order valence-corrected chi connectivity index (χ3v) is 3.07. The number of carbonyl (C=O) groups is 1. The lowest BCUT2D eigenvalue weighted by molar-refractivity contribution is 0.101. The summed E-state index contributed by atoms with van der Waals surface area (Å²) in [6.45, 7) is 3.75. The molecule has 0 radical (unpaired) electrons. The zero-order chi connectivity index (χ0) is 13.3. The first-order valence-electron chi connectivity index (χ1n) is 5.72. The van der Waals surface area contributed by atoms with Crippen LogP contribution in [-0.4, -0.2) is 15.6 Å². The van der Waals surface area contributed by atoms with Crippen LogP contribution in [-0.2, 0) is 7.05 Å². The zero-order valence-corrected chi connectivity index (χ0v) is 10.7. The van der Waals surface area contributed by atoms with Crippen LogP contribution in [0.1, 0.15) is 21.7 Å². The van der Waals surface area contributed by atoms with Gasteiger partial charge in [-0.3, -0.25) is 4.79 Å². The summed E-state index contributed by atoms with van der Waals surface area (Å²) >= 11 is 0. The summed E-state index contributed by atoms with van der Waals surface area (Å²) in [6, 6.07) is 8.74. The van der Waals surface area contributed by atoms with Gasteiger partial charge in [-0.15, -0.1) is 0 Å². The van der Waals surface area contributed by atoms with Gasteiger partial charge in [0, 0.05) is 24.5 Å². The third kappa shape index (κ3) is 2.22. The maximum Gasteiger partial charge on any atom is 0.272 e. The Hall–Kier alpha value is -2.23. The van der Waals surface area contributed by atoms with E-state index in [2.05, 4.69) is 5.32 Å². The Morgan fingerprint density at radius 3 is 2.50 bits per heavy atom. The van der Waals surface area contributed by atoms with E-state index in [-0.39, 0.29) is 11.7 Å². The Kier molecular flexibility index (Phi) is 3.10. The van der Waals surface area contributed by atoms with Gasteiger partial charge in [-0.25, -0.2) is 0 Å². The molecule has 0 saturated heterocycles. The van der Waals surface area contributed by atoms with E-state index < -0.39 is 0 Å². The zero-order valence-electron chi connectivity index (χ0n) is 10.7. The van der Waals surface area contributed by atoms with Crippen LogP contribution in [0.2, 0.25) is 0 Å². The number of benzene rings is 1. The summed E-state index contributed by atoms with van der Waals surface area (Å²) in [5.74, 6) is -0.00952. The summed E-state index contributed by atoms with van der Waals surface area (Å²) in [6.07, 6.45) is 0. The van der Waals surface area contributed by atoms with Gasteiger partial charge >= 0.3 is 0 Å². The van der Waals surface area contributed by atoms with Crippen molar-refractivity contribution in [3.05, 3.63) is 47.3 Å². The van der Waals surface area contributed by atoms with Crippen LogP contribution < -0.4 is 5.32 Å². The van der Waals surface area contributed by atoms with Crippen molar-refractivity contribution in [2.45, 2.75) is 13.8 Å². The highest BCUT2D eigenvalue weighted by Gasteiger charge is 2.11. The molecule has 1 aromatic carbocycles. The van der Waals surface area contributed by atoms with Gasteiger partial charge in [-0.2, -0.15) is 0 Å². The van der Waals surface area contributed by atoms with Gasteiger partial charge in [0.1, 0.15) is 11.4 Å². The average molecular weight is 244 g/mol. The number of rotatable bonds is 2. The van der Waals surface area contributed by atoms with Crippen LogP contribution in [0.4, 0.5) is 5.69 Å². The van der Waals surface area contributed by atoms with Crippen molar-refractivity contribution < 1.29 is 9.90 Å². The van der Waals surface area contributed by atoms with Gasteiger partial charge in [0.25, 0.3) is 5.91 Å². The number of phenols is 1. The van der Waals surface area contributed by atoms with E-state index in [1.807, 2.05) is 31.5 Å². The fourth-order valence-electron chi connectivity index (χ4n) is 1.72. The number of aryl methyl sites for hydroxylation is 2. The minimum absolute atomic E-state index is 0.177. The molecule has 4 heteroatoms. The van der Waals surface area contributed by atoms with Crippen LogP contribution >= 0.6 is 0 Å². The smallest absolute Gasteiger partial charge is 0.272 e. The number of carbonyl (C=O) groups excluding carboxylic acids is 1. The molecule has 94 valence electrons. The molecule has 2 N–H and O–H groups in total. The van der Waals surface area contributed by atoms with E-state index in [0.29, 0.717) is 11.4 Å². The summed E-state index contributed by atoms with van der Waals surface area (Å²) in [4.78, 5) is 12.0. The minimum Gasteiger partial charge on any atom is -0.508 e. The van der Waals surface area contributed by atoms with Gasteiger partial charge in [0.05, 0.1) is 0 Å². The summed E-state index contributed by atoms with van der Waals surface area (Å²) in [5, 5.41) is 12.3. The second kappa shape index (κ2) is 4.56. The molecule has 0 atom stereocenters. The monoisotopic (exact) mass is 244 g/mol. The minimum atomic E-state index is -0.186. The number of nitrogens with zero attached hydrogens (tertiary/aromatic N) is 1. The van der Waals surface area contributed by atoms with Crippen molar-refractivity contribution in [3.8, 4) is 5.75 Å². The molecular formula is C14H16N2O2. The molecule has 18 heavy (non-hydrogen) atoms. The molecule has 1 aromatic heterocycles. The highest BCUT2D eigenvalue weighted by molar-refractivity contribution is 6.03. The highest BCUT2D eigenvalue weighted by Crippen LogP contribution is 2.21. The number of hydrogen-bond donors (Lipinski definition) is 2.